The van der Waals surface area contributed by atoms with Crippen molar-refractivity contribution in [3.8, 4) is 0 Å². The normalized spacial score (nSPS) is 22.9. The second kappa shape index (κ2) is 12.9. The van der Waals surface area contributed by atoms with Crippen molar-refractivity contribution in [3.63, 3.8) is 0 Å². The highest BCUT2D eigenvalue weighted by Gasteiger charge is 2.56. The summed E-state index contributed by atoms with van der Waals surface area (Å²) < 4.78 is 72.9. The molecule has 2 atom stereocenters. The number of ether oxygens (including phenoxy) is 1. The molecule has 0 aromatic carbocycles. The van der Waals surface area contributed by atoms with E-state index in [2.05, 4.69) is 4.98 Å². The Balaban J connectivity index is 0.000000269. The van der Waals surface area contributed by atoms with Gasteiger partial charge in [-0.05, 0) is 62.2 Å². The highest BCUT2D eigenvalue weighted by molar-refractivity contribution is 6.40. The van der Waals surface area contributed by atoms with Gasteiger partial charge in [0.05, 0.1) is 27.1 Å². The van der Waals surface area contributed by atoms with E-state index < -0.39 is 28.9 Å². The summed E-state index contributed by atoms with van der Waals surface area (Å²) in [5.41, 5.74) is 15.5. The molecule has 4 rings (SSSR count). The molecule has 2 aliphatic heterocycles. The third kappa shape index (κ3) is 7.48. The lowest BCUT2D eigenvalue weighted by Crippen LogP contribution is -2.64. The number of halogens is 5. The largest absolute Gasteiger partial charge is 0.417 e. The van der Waals surface area contributed by atoms with Crippen LogP contribution in [0.1, 0.15) is 57.6 Å². The van der Waals surface area contributed by atoms with Crippen molar-refractivity contribution in [3.05, 3.63) is 47.1 Å². The number of pyridine rings is 1. The molecule has 1 aromatic heterocycles. The number of nitrogens with zero attached hydrogens (tertiary/aromatic N) is 2. The fourth-order valence-corrected chi connectivity index (χ4v) is 5.40. The first-order chi connectivity index (χ1) is 17.7. The van der Waals surface area contributed by atoms with Crippen molar-refractivity contribution in [2.24, 2.45) is 35.0 Å². The van der Waals surface area contributed by atoms with Gasteiger partial charge in [0.1, 0.15) is 0 Å². The molecule has 3 fully saturated rings. The summed E-state index contributed by atoms with van der Waals surface area (Å²) in [5, 5.41) is -2.03. The van der Waals surface area contributed by atoms with Crippen LogP contribution in [0.3, 0.4) is 0 Å². The number of allylic oxidation sites excluding steroid dienone is 2. The molecule has 39 heavy (non-hydrogen) atoms. The van der Waals surface area contributed by atoms with Crippen LogP contribution in [0, 0.1) is 17.8 Å². The summed E-state index contributed by atoms with van der Waals surface area (Å²) in [6.07, 6.45) is 3.02. The van der Waals surface area contributed by atoms with Gasteiger partial charge in [0.25, 0.3) is 5.92 Å². The van der Waals surface area contributed by atoms with E-state index in [0.29, 0.717) is 56.6 Å². The highest BCUT2D eigenvalue weighted by atomic mass is 19.4. The van der Waals surface area contributed by atoms with Crippen LogP contribution in [0.5, 0.6) is 0 Å². The minimum absolute atomic E-state index is 0. The van der Waals surface area contributed by atoms with E-state index in [0.717, 1.165) is 31.3 Å². The van der Waals surface area contributed by atoms with Gasteiger partial charge in [0.15, 0.2) is 0 Å². The highest BCUT2D eigenvalue weighted by Crippen LogP contribution is 2.46. The van der Waals surface area contributed by atoms with Crippen LogP contribution < -0.4 is 17.2 Å². The van der Waals surface area contributed by atoms with Gasteiger partial charge in [0, 0.05) is 61.2 Å². The summed E-state index contributed by atoms with van der Waals surface area (Å²) in [6, 6.07) is 0.862. The summed E-state index contributed by atoms with van der Waals surface area (Å²) in [5.74, 6) is -2.84. The smallest absolute Gasteiger partial charge is 0.398 e. The summed E-state index contributed by atoms with van der Waals surface area (Å²) in [7, 11) is 11.9. The second-order valence-corrected chi connectivity index (χ2v) is 10.3. The van der Waals surface area contributed by atoms with E-state index in [1.54, 1.807) is 11.8 Å². The van der Waals surface area contributed by atoms with E-state index in [-0.39, 0.29) is 24.5 Å². The molecule has 13 heteroatoms. The number of alkyl halides is 5. The molecule has 6 N–H and O–H groups in total. The van der Waals surface area contributed by atoms with Gasteiger partial charge in [0.2, 0.25) is 0 Å². The van der Waals surface area contributed by atoms with Gasteiger partial charge in [-0.2, -0.15) is 13.2 Å². The first kappa shape index (κ1) is 32.9. The first-order valence-corrected chi connectivity index (χ1v) is 12.6. The Morgan fingerprint density at radius 3 is 2.10 bits per heavy atom. The Bertz CT molecular complexity index is 1010. The number of hydrogen-bond donors (Lipinski definition) is 3. The quantitative estimate of drug-likeness (QED) is 0.290. The molecule has 1 aliphatic carbocycles. The average Bonchev–Trinajstić information content (AvgIpc) is 3.47. The van der Waals surface area contributed by atoms with Gasteiger partial charge in [-0.3, -0.25) is 4.98 Å². The van der Waals surface area contributed by atoms with E-state index in [4.69, 9.17) is 37.6 Å². The number of hydrogen-bond acceptors (Lipinski definition) is 6. The SMILES string of the molecule is C.CC(/C=C(\N)c1cnccc1C(F)(F)F)=C(N)N.[B]C([B])(N1CC2CCCC2C1)C(F)(F)C1CCOCC1. The maximum atomic E-state index is 14.8. The Morgan fingerprint density at radius 1 is 1.03 bits per heavy atom. The Kier molecular flexibility index (Phi) is 10.9. The summed E-state index contributed by atoms with van der Waals surface area (Å²) in [4.78, 5) is 5.27. The molecule has 0 amide bonds. The number of rotatable bonds is 5. The number of aromatic nitrogens is 1. The fraction of sp³-hybridized carbons (Fsp3) is 0.654. The molecule has 6 nitrogen and oxygen atoms in total. The predicted octanol–water partition coefficient (Wildman–Crippen LogP) is 3.96. The molecule has 0 spiro atoms. The zero-order chi connectivity index (χ0) is 28.3. The van der Waals surface area contributed by atoms with Crippen molar-refractivity contribution in [2.45, 2.75) is 63.9 Å². The molecular formula is C26H38B2F5N5O. The minimum atomic E-state index is -4.50. The minimum Gasteiger partial charge on any atom is -0.398 e. The van der Waals surface area contributed by atoms with Crippen LogP contribution in [0.4, 0.5) is 22.0 Å². The van der Waals surface area contributed by atoms with Crippen molar-refractivity contribution < 1.29 is 26.7 Å². The molecule has 2 unspecified atom stereocenters. The van der Waals surface area contributed by atoms with Gasteiger partial charge in [-0.25, -0.2) is 8.78 Å². The topological polar surface area (TPSA) is 103 Å². The van der Waals surface area contributed by atoms with Gasteiger partial charge in [-0.15, -0.1) is 0 Å². The lowest BCUT2D eigenvalue weighted by molar-refractivity contribution is -0.138. The van der Waals surface area contributed by atoms with Crippen molar-refractivity contribution in [1.29, 1.82) is 0 Å². The van der Waals surface area contributed by atoms with Crippen LogP contribution in [0.2, 0.25) is 0 Å². The Hall–Kier alpha value is -2.27. The predicted molar refractivity (Wildman–Crippen MR) is 144 cm³/mol. The fourth-order valence-electron chi connectivity index (χ4n) is 5.40. The Labute approximate surface area is 230 Å². The molecular weight excluding hydrogens is 515 g/mol. The van der Waals surface area contributed by atoms with Crippen LogP contribution in [-0.4, -0.2) is 63.1 Å². The second-order valence-electron chi connectivity index (χ2n) is 10.3. The van der Waals surface area contributed by atoms with Crippen molar-refractivity contribution in [2.75, 3.05) is 26.3 Å². The Morgan fingerprint density at radius 2 is 1.59 bits per heavy atom. The molecule has 1 saturated carbocycles. The van der Waals surface area contributed by atoms with Crippen LogP contribution >= 0.6 is 0 Å². The maximum absolute atomic E-state index is 14.8. The van der Waals surface area contributed by atoms with Gasteiger partial charge >= 0.3 is 6.18 Å². The van der Waals surface area contributed by atoms with Crippen LogP contribution in [0.15, 0.2) is 35.9 Å². The number of likely N-dealkylation sites (tertiary alicyclic amines) is 1. The third-order valence-electron chi connectivity index (χ3n) is 7.78. The van der Waals surface area contributed by atoms with E-state index >= 15 is 0 Å². The van der Waals surface area contributed by atoms with Crippen molar-refractivity contribution in [1.82, 2.24) is 9.88 Å². The van der Waals surface area contributed by atoms with Crippen LogP contribution in [0.25, 0.3) is 5.70 Å². The number of nitrogens with two attached hydrogens (primary N) is 3. The zero-order valence-corrected chi connectivity index (χ0v) is 21.5. The lowest BCUT2D eigenvalue weighted by atomic mass is 9.54. The van der Waals surface area contributed by atoms with Gasteiger partial charge < -0.3 is 26.8 Å². The monoisotopic (exact) mass is 553 g/mol. The first-order valence-electron chi connectivity index (χ1n) is 12.6. The van der Waals surface area contributed by atoms with Gasteiger partial charge in [-0.1, -0.05) is 13.8 Å². The molecule has 0 bridgehead atoms. The van der Waals surface area contributed by atoms with E-state index in [1.807, 2.05) is 0 Å². The van der Waals surface area contributed by atoms with E-state index in [9.17, 15) is 22.0 Å². The molecule has 2 saturated heterocycles. The summed E-state index contributed by atoms with van der Waals surface area (Å²) >= 11 is 0. The third-order valence-corrected chi connectivity index (χ3v) is 7.78. The molecule has 3 aliphatic rings. The van der Waals surface area contributed by atoms with Crippen molar-refractivity contribution >= 4 is 21.4 Å². The lowest BCUT2D eigenvalue weighted by Gasteiger charge is -2.47. The summed E-state index contributed by atoms with van der Waals surface area (Å²) in [6.45, 7) is 3.54. The molecule has 1 aromatic rings. The van der Waals surface area contributed by atoms with E-state index in [1.165, 1.54) is 12.5 Å². The van der Waals surface area contributed by atoms with Crippen LogP contribution in [-0.2, 0) is 10.9 Å². The molecule has 3 heterocycles. The molecule has 4 radical (unpaired) electrons. The standard InChI is InChI=1S/C14H21B2F2NO.C11H13F3N4.CH4/c15-14(16,13(17,18)12-4-6-20-7-5-12)19-8-10-2-1-3-11(10)9-19;1-6(10(16)17)4-9(15)7-5-18-3-2-8(7)11(12,13)14;/h10-12H,1-9H2;2-5H,15-17H2,1H3;1H4/b;9-4-;. The maximum Gasteiger partial charge on any atom is 0.417 e. The molecule has 214 valence electrons. The average molecular weight is 553 g/mol. The zero-order valence-electron chi connectivity index (χ0n) is 21.5. The number of fused-ring (bicyclic) bond motifs is 1.